The summed E-state index contributed by atoms with van der Waals surface area (Å²) in [6.07, 6.45) is 9.86. The van der Waals surface area contributed by atoms with Gasteiger partial charge in [-0.05, 0) is 51.2 Å². The van der Waals surface area contributed by atoms with Gasteiger partial charge < -0.3 is 5.32 Å². The standard InChI is InChI=1S/C15H30N2/c1-3-4-5-6-9-17-10-7-8-15(17)11-14(2)12-16-13-15/h14,16H,3-13H2,1-2H3. The highest BCUT2D eigenvalue weighted by Gasteiger charge is 2.42. The molecule has 2 heteroatoms. The molecule has 2 fully saturated rings. The third-order valence-electron chi connectivity index (χ3n) is 4.70. The summed E-state index contributed by atoms with van der Waals surface area (Å²) < 4.78 is 0. The maximum absolute atomic E-state index is 3.66. The van der Waals surface area contributed by atoms with Crippen LogP contribution < -0.4 is 5.32 Å². The van der Waals surface area contributed by atoms with Crippen molar-refractivity contribution < 1.29 is 0 Å². The first-order chi connectivity index (χ1) is 8.27. The minimum atomic E-state index is 0.532. The molecule has 0 radical (unpaired) electrons. The summed E-state index contributed by atoms with van der Waals surface area (Å²) in [4.78, 5) is 2.81. The fraction of sp³-hybridized carbons (Fsp3) is 1.00. The summed E-state index contributed by atoms with van der Waals surface area (Å²) in [6.45, 7) is 9.86. The second kappa shape index (κ2) is 6.19. The Morgan fingerprint density at radius 2 is 2.18 bits per heavy atom. The molecule has 0 bridgehead atoms. The van der Waals surface area contributed by atoms with E-state index in [-0.39, 0.29) is 0 Å². The molecule has 0 aromatic carbocycles. The summed E-state index contributed by atoms with van der Waals surface area (Å²) in [6, 6.07) is 0. The van der Waals surface area contributed by atoms with Gasteiger partial charge in [0.1, 0.15) is 0 Å². The summed E-state index contributed by atoms with van der Waals surface area (Å²) in [5.74, 6) is 0.861. The van der Waals surface area contributed by atoms with Crippen LogP contribution in [0.4, 0.5) is 0 Å². The van der Waals surface area contributed by atoms with Gasteiger partial charge in [-0.25, -0.2) is 0 Å². The van der Waals surface area contributed by atoms with E-state index in [0.29, 0.717) is 5.54 Å². The first kappa shape index (κ1) is 13.4. The lowest BCUT2D eigenvalue weighted by molar-refractivity contribution is 0.0825. The Morgan fingerprint density at radius 3 is 2.94 bits per heavy atom. The molecule has 0 amide bonds. The molecule has 0 saturated carbocycles. The van der Waals surface area contributed by atoms with Crippen molar-refractivity contribution in [3.63, 3.8) is 0 Å². The van der Waals surface area contributed by atoms with Crippen molar-refractivity contribution >= 4 is 0 Å². The number of hydrogen-bond donors (Lipinski definition) is 1. The van der Waals surface area contributed by atoms with Crippen LogP contribution in [-0.2, 0) is 0 Å². The first-order valence-corrected chi connectivity index (χ1v) is 7.72. The van der Waals surface area contributed by atoms with Crippen molar-refractivity contribution in [3.05, 3.63) is 0 Å². The van der Waals surface area contributed by atoms with E-state index in [2.05, 4.69) is 24.1 Å². The monoisotopic (exact) mass is 238 g/mol. The Kier molecular flexibility index (Phi) is 4.87. The molecule has 0 aromatic heterocycles. The second-order valence-corrected chi connectivity index (χ2v) is 6.32. The van der Waals surface area contributed by atoms with Crippen molar-refractivity contribution in [1.29, 1.82) is 0 Å². The number of piperidine rings is 1. The van der Waals surface area contributed by atoms with Crippen LogP contribution >= 0.6 is 0 Å². The predicted octanol–water partition coefficient (Wildman–Crippen LogP) is 3.03. The fourth-order valence-corrected chi connectivity index (χ4v) is 3.85. The number of hydrogen-bond acceptors (Lipinski definition) is 2. The molecular weight excluding hydrogens is 208 g/mol. The molecule has 2 nitrogen and oxygen atoms in total. The zero-order valence-corrected chi connectivity index (χ0v) is 11.8. The lowest BCUT2D eigenvalue weighted by atomic mass is 9.82. The lowest BCUT2D eigenvalue weighted by Gasteiger charge is -2.44. The molecule has 2 atom stereocenters. The summed E-state index contributed by atoms with van der Waals surface area (Å²) >= 11 is 0. The van der Waals surface area contributed by atoms with Gasteiger partial charge >= 0.3 is 0 Å². The minimum absolute atomic E-state index is 0.532. The molecule has 2 heterocycles. The van der Waals surface area contributed by atoms with E-state index in [0.717, 1.165) is 5.92 Å². The van der Waals surface area contributed by atoms with Gasteiger partial charge in [0.2, 0.25) is 0 Å². The van der Waals surface area contributed by atoms with Crippen LogP contribution in [0, 0.1) is 5.92 Å². The van der Waals surface area contributed by atoms with Crippen LogP contribution in [0.15, 0.2) is 0 Å². The predicted molar refractivity (Wildman–Crippen MR) is 74.3 cm³/mol. The molecule has 2 saturated heterocycles. The van der Waals surface area contributed by atoms with Gasteiger partial charge in [-0.2, -0.15) is 0 Å². The van der Waals surface area contributed by atoms with Gasteiger partial charge in [-0.1, -0.05) is 33.1 Å². The zero-order chi connectivity index (χ0) is 12.1. The molecule has 2 unspecified atom stereocenters. The average Bonchev–Trinajstić information content (AvgIpc) is 2.67. The highest BCUT2D eigenvalue weighted by atomic mass is 15.2. The molecule has 0 aromatic rings. The second-order valence-electron chi connectivity index (χ2n) is 6.32. The number of unbranched alkanes of at least 4 members (excludes halogenated alkanes) is 3. The van der Waals surface area contributed by atoms with Crippen LogP contribution in [0.5, 0.6) is 0 Å². The third kappa shape index (κ3) is 3.23. The summed E-state index contributed by atoms with van der Waals surface area (Å²) in [5, 5.41) is 3.66. The van der Waals surface area contributed by atoms with Gasteiger partial charge in [0.25, 0.3) is 0 Å². The van der Waals surface area contributed by atoms with E-state index in [1.807, 2.05) is 0 Å². The average molecular weight is 238 g/mol. The smallest absolute Gasteiger partial charge is 0.0337 e. The molecule has 2 aliphatic heterocycles. The molecular formula is C15H30N2. The van der Waals surface area contributed by atoms with Crippen LogP contribution in [0.1, 0.15) is 58.8 Å². The normalized spacial score (nSPS) is 34.6. The lowest BCUT2D eigenvalue weighted by Crippen LogP contribution is -2.56. The van der Waals surface area contributed by atoms with Crippen molar-refractivity contribution in [1.82, 2.24) is 10.2 Å². The Bertz CT molecular complexity index is 229. The molecule has 1 spiro atoms. The minimum Gasteiger partial charge on any atom is -0.315 e. The highest BCUT2D eigenvalue weighted by Crippen LogP contribution is 2.36. The van der Waals surface area contributed by atoms with E-state index in [9.17, 15) is 0 Å². The third-order valence-corrected chi connectivity index (χ3v) is 4.70. The number of rotatable bonds is 5. The summed E-state index contributed by atoms with van der Waals surface area (Å²) in [7, 11) is 0. The van der Waals surface area contributed by atoms with Crippen LogP contribution in [0.2, 0.25) is 0 Å². The largest absolute Gasteiger partial charge is 0.315 e. The quantitative estimate of drug-likeness (QED) is 0.741. The van der Waals surface area contributed by atoms with Gasteiger partial charge in [0.15, 0.2) is 0 Å². The first-order valence-electron chi connectivity index (χ1n) is 7.72. The zero-order valence-electron chi connectivity index (χ0n) is 11.8. The Labute approximate surface area is 107 Å². The number of nitrogens with zero attached hydrogens (tertiary/aromatic N) is 1. The van der Waals surface area contributed by atoms with Crippen molar-refractivity contribution in [3.8, 4) is 0 Å². The summed E-state index contributed by atoms with van der Waals surface area (Å²) in [5.41, 5.74) is 0.532. The van der Waals surface area contributed by atoms with Crippen LogP contribution in [-0.4, -0.2) is 36.6 Å². The van der Waals surface area contributed by atoms with Crippen molar-refractivity contribution in [2.45, 2.75) is 64.3 Å². The molecule has 0 aliphatic carbocycles. The maximum Gasteiger partial charge on any atom is 0.0337 e. The van der Waals surface area contributed by atoms with Gasteiger partial charge in [-0.3, -0.25) is 4.90 Å². The van der Waals surface area contributed by atoms with Gasteiger partial charge in [0.05, 0.1) is 0 Å². The Morgan fingerprint density at radius 1 is 1.29 bits per heavy atom. The number of nitrogens with one attached hydrogen (secondary N) is 1. The molecule has 1 N–H and O–H groups in total. The van der Waals surface area contributed by atoms with Gasteiger partial charge in [0, 0.05) is 12.1 Å². The topological polar surface area (TPSA) is 15.3 Å². The van der Waals surface area contributed by atoms with E-state index in [4.69, 9.17) is 0 Å². The van der Waals surface area contributed by atoms with Crippen molar-refractivity contribution in [2.24, 2.45) is 5.92 Å². The SMILES string of the molecule is CCCCCCN1CCCC12CNCC(C)C2. The van der Waals surface area contributed by atoms with Crippen LogP contribution in [0.3, 0.4) is 0 Å². The fourth-order valence-electron chi connectivity index (χ4n) is 3.85. The molecule has 2 aliphatic rings. The van der Waals surface area contributed by atoms with Crippen molar-refractivity contribution in [2.75, 3.05) is 26.2 Å². The van der Waals surface area contributed by atoms with Crippen LogP contribution in [0.25, 0.3) is 0 Å². The number of likely N-dealkylation sites (tertiary alicyclic amines) is 1. The molecule has 17 heavy (non-hydrogen) atoms. The highest BCUT2D eigenvalue weighted by molar-refractivity contribution is 5.00. The van der Waals surface area contributed by atoms with E-state index in [1.165, 1.54) is 71.1 Å². The van der Waals surface area contributed by atoms with E-state index in [1.54, 1.807) is 0 Å². The Balaban J connectivity index is 1.83. The Hall–Kier alpha value is -0.0800. The van der Waals surface area contributed by atoms with Gasteiger partial charge in [-0.15, -0.1) is 0 Å². The molecule has 2 rings (SSSR count). The molecule has 100 valence electrons. The maximum atomic E-state index is 3.66. The van der Waals surface area contributed by atoms with E-state index < -0.39 is 0 Å². The van der Waals surface area contributed by atoms with E-state index >= 15 is 0 Å².